The molecular weight excluding hydrogens is 340 g/mol. The molecule has 0 unspecified atom stereocenters. The predicted octanol–water partition coefficient (Wildman–Crippen LogP) is 5.07. The summed E-state index contributed by atoms with van der Waals surface area (Å²) >= 11 is 0. The third-order valence-electron chi connectivity index (χ3n) is 3.18. The lowest BCUT2D eigenvalue weighted by molar-refractivity contribution is -0.133. The Balaban J connectivity index is 0.000000527. The van der Waals surface area contributed by atoms with Gasteiger partial charge in [-0.2, -0.15) is 0 Å². The summed E-state index contributed by atoms with van der Waals surface area (Å²) in [4.78, 5) is 20.3. The van der Waals surface area contributed by atoms with Gasteiger partial charge in [0.1, 0.15) is 0 Å². The highest BCUT2D eigenvalue weighted by Gasteiger charge is 1.93. The molecule has 138 valence electrons. The number of carbonyl (C=O) groups is 2. The van der Waals surface area contributed by atoms with E-state index in [0.717, 1.165) is 22.8 Å². The van der Waals surface area contributed by atoms with Crippen molar-refractivity contribution in [3.8, 4) is 0 Å². The van der Waals surface area contributed by atoms with Crippen LogP contribution in [0.15, 0.2) is 96.6 Å². The Kier molecular flexibility index (Phi) is 9.36. The molecule has 2 aromatic carbocycles. The summed E-state index contributed by atoms with van der Waals surface area (Å²) in [7, 11) is 0. The smallest absolute Gasteiger partial charge is 0.330 e. The van der Waals surface area contributed by atoms with Crippen LogP contribution in [0.5, 0.6) is 0 Å². The first-order valence-corrected chi connectivity index (χ1v) is 8.18. The number of allylic oxidation sites excluding steroid dienone is 3. The zero-order chi connectivity index (χ0) is 20.1. The average molecular weight is 362 g/mol. The fourth-order valence-electron chi connectivity index (χ4n) is 1.82. The minimum Gasteiger partial charge on any atom is -0.478 e. The van der Waals surface area contributed by atoms with Crippen LogP contribution in [0, 0.1) is 0 Å². The molecule has 0 saturated carbocycles. The fourth-order valence-corrected chi connectivity index (χ4v) is 1.82. The van der Waals surface area contributed by atoms with Gasteiger partial charge in [-0.25, -0.2) is 9.59 Å². The van der Waals surface area contributed by atoms with E-state index >= 15 is 0 Å². The van der Waals surface area contributed by atoms with E-state index in [0.29, 0.717) is 0 Å². The van der Waals surface area contributed by atoms with Crippen LogP contribution in [0.1, 0.15) is 18.1 Å². The number of hydrogen-bond acceptors (Lipinski definition) is 2. The minimum absolute atomic E-state index is 0.176. The molecule has 0 spiro atoms. The molecule has 2 rings (SSSR count). The molecule has 0 heterocycles. The van der Waals surface area contributed by atoms with Crippen LogP contribution < -0.4 is 0 Å². The van der Waals surface area contributed by atoms with Crippen LogP contribution in [0.2, 0.25) is 0 Å². The number of carboxylic acid groups (broad SMARTS) is 2. The first kappa shape index (κ1) is 21.4. The quantitative estimate of drug-likeness (QED) is 0.556. The zero-order valence-corrected chi connectivity index (χ0v) is 15.1. The van der Waals surface area contributed by atoms with Gasteiger partial charge in [0.25, 0.3) is 0 Å². The lowest BCUT2D eigenvalue weighted by Gasteiger charge is -1.97. The molecule has 27 heavy (non-hydrogen) atoms. The fraction of sp³-hybridized carbons (Fsp3) is 0.0435. The van der Waals surface area contributed by atoms with Gasteiger partial charge in [-0.3, -0.25) is 0 Å². The van der Waals surface area contributed by atoms with Crippen molar-refractivity contribution in [1.29, 1.82) is 0 Å². The molecule has 0 saturated heterocycles. The third kappa shape index (κ3) is 10.0. The van der Waals surface area contributed by atoms with Crippen molar-refractivity contribution in [2.24, 2.45) is 0 Å². The van der Waals surface area contributed by atoms with Gasteiger partial charge >= 0.3 is 11.9 Å². The highest BCUT2D eigenvalue weighted by molar-refractivity contribution is 5.84. The molecule has 2 aromatic rings. The Morgan fingerprint density at radius 3 is 1.74 bits per heavy atom. The van der Waals surface area contributed by atoms with E-state index in [4.69, 9.17) is 10.2 Å². The molecule has 2 N–H and O–H groups in total. The van der Waals surface area contributed by atoms with E-state index in [1.54, 1.807) is 6.08 Å². The van der Waals surface area contributed by atoms with Gasteiger partial charge in [0.05, 0.1) is 0 Å². The standard InChI is InChI=1S/C19H16O2.C4H6O2/c20-19(21)14-13-18(15-17-9-5-2-6-10-17)12-11-16-7-3-1-4-8-16;1-3(2)4(5)6/h1-15H,(H,20,21);1H2,2H3,(H,5,6). The Labute approximate surface area is 159 Å². The number of benzene rings is 2. The maximum atomic E-state index is 10.7. The van der Waals surface area contributed by atoms with Crippen LogP contribution >= 0.6 is 0 Å². The molecule has 0 aliphatic carbocycles. The molecule has 4 nitrogen and oxygen atoms in total. The minimum atomic E-state index is -0.956. The Bertz CT molecular complexity index is 832. The highest BCUT2D eigenvalue weighted by atomic mass is 16.4. The molecule has 0 fully saturated rings. The maximum Gasteiger partial charge on any atom is 0.330 e. The maximum absolute atomic E-state index is 10.7. The van der Waals surface area contributed by atoms with E-state index in [1.807, 2.05) is 78.9 Å². The summed E-state index contributed by atoms with van der Waals surface area (Å²) in [5.41, 5.74) is 3.10. The first-order chi connectivity index (χ1) is 12.9. The van der Waals surface area contributed by atoms with E-state index < -0.39 is 11.9 Å². The van der Waals surface area contributed by atoms with Gasteiger partial charge < -0.3 is 10.2 Å². The summed E-state index contributed by atoms with van der Waals surface area (Å²) < 4.78 is 0. The summed E-state index contributed by atoms with van der Waals surface area (Å²) in [6.45, 7) is 4.60. The third-order valence-corrected chi connectivity index (χ3v) is 3.18. The van der Waals surface area contributed by atoms with Gasteiger partial charge in [-0.1, -0.05) is 79.4 Å². The second kappa shape index (κ2) is 11.8. The second-order valence-electron chi connectivity index (χ2n) is 5.56. The Morgan fingerprint density at radius 2 is 1.30 bits per heavy atom. The largest absolute Gasteiger partial charge is 0.478 e. The molecule has 0 amide bonds. The molecule has 0 aliphatic rings. The summed E-state index contributed by atoms with van der Waals surface area (Å²) in [5, 5.41) is 16.7. The van der Waals surface area contributed by atoms with Crippen molar-refractivity contribution in [3.63, 3.8) is 0 Å². The van der Waals surface area contributed by atoms with Crippen LogP contribution in [0.3, 0.4) is 0 Å². The summed E-state index contributed by atoms with van der Waals surface area (Å²) in [5.74, 6) is -1.89. The Hall–Kier alpha value is -3.66. The normalized spacial score (nSPS) is 11.1. The SMILES string of the molecule is C=C(C)C(=O)O.O=C(O)C=CC(C=Cc1ccccc1)=Cc1ccccc1. The Morgan fingerprint density at radius 1 is 0.815 bits per heavy atom. The lowest BCUT2D eigenvalue weighted by Crippen LogP contribution is -1.92. The van der Waals surface area contributed by atoms with Crippen molar-refractivity contribution in [2.75, 3.05) is 0 Å². The van der Waals surface area contributed by atoms with E-state index in [9.17, 15) is 9.59 Å². The van der Waals surface area contributed by atoms with E-state index in [1.165, 1.54) is 6.92 Å². The van der Waals surface area contributed by atoms with Crippen LogP contribution in [-0.4, -0.2) is 22.2 Å². The van der Waals surface area contributed by atoms with E-state index in [2.05, 4.69) is 6.58 Å². The molecule has 0 aromatic heterocycles. The predicted molar refractivity (Wildman–Crippen MR) is 109 cm³/mol. The molecular formula is C23H22O4. The topological polar surface area (TPSA) is 74.6 Å². The van der Waals surface area contributed by atoms with Crippen molar-refractivity contribution in [3.05, 3.63) is 108 Å². The number of rotatable bonds is 6. The van der Waals surface area contributed by atoms with Crippen molar-refractivity contribution < 1.29 is 19.8 Å². The van der Waals surface area contributed by atoms with Gasteiger partial charge in [0.15, 0.2) is 0 Å². The summed E-state index contributed by atoms with van der Waals surface area (Å²) in [6, 6.07) is 19.7. The van der Waals surface area contributed by atoms with Crippen molar-refractivity contribution in [2.45, 2.75) is 6.92 Å². The lowest BCUT2D eigenvalue weighted by atomic mass is 10.1. The molecule has 0 radical (unpaired) electrons. The molecule has 4 heteroatoms. The van der Waals surface area contributed by atoms with Crippen molar-refractivity contribution in [1.82, 2.24) is 0 Å². The average Bonchev–Trinajstić information content (AvgIpc) is 2.66. The number of aliphatic carboxylic acids is 2. The van der Waals surface area contributed by atoms with Crippen LogP contribution in [0.25, 0.3) is 12.2 Å². The van der Waals surface area contributed by atoms with Crippen molar-refractivity contribution >= 4 is 24.1 Å². The number of carboxylic acids is 2. The second-order valence-corrected chi connectivity index (χ2v) is 5.56. The zero-order valence-electron chi connectivity index (χ0n) is 15.1. The number of hydrogen-bond donors (Lipinski definition) is 2. The van der Waals surface area contributed by atoms with Gasteiger partial charge in [0, 0.05) is 11.6 Å². The van der Waals surface area contributed by atoms with Gasteiger partial charge in [-0.05, 0) is 35.8 Å². The molecule has 0 aliphatic heterocycles. The molecule has 0 bridgehead atoms. The van der Waals surface area contributed by atoms with Gasteiger partial charge in [-0.15, -0.1) is 0 Å². The first-order valence-electron chi connectivity index (χ1n) is 8.18. The highest BCUT2D eigenvalue weighted by Crippen LogP contribution is 2.11. The van der Waals surface area contributed by atoms with Crippen LogP contribution in [0.4, 0.5) is 0 Å². The monoisotopic (exact) mass is 362 g/mol. The van der Waals surface area contributed by atoms with E-state index in [-0.39, 0.29) is 5.57 Å². The van der Waals surface area contributed by atoms with Crippen LogP contribution in [-0.2, 0) is 9.59 Å². The van der Waals surface area contributed by atoms with Gasteiger partial charge in [0.2, 0.25) is 0 Å². The molecule has 0 atom stereocenters. The summed E-state index contributed by atoms with van der Waals surface area (Å²) in [6.07, 6.45) is 8.54.